The van der Waals surface area contributed by atoms with E-state index in [2.05, 4.69) is 20.1 Å². The summed E-state index contributed by atoms with van der Waals surface area (Å²) in [6.07, 6.45) is 9.53. The van der Waals surface area contributed by atoms with Crippen molar-refractivity contribution in [2.75, 3.05) is 26.2 Å². The highest BCUT2D eigenvalue weighted by Gasteiger charge is 2.78. The Hall–Kier alpha value is -2.97. The maximum Gasteiger partial charge on any atom is 0.248 e. The molecule has 43 heavy (non-hydrogen) atoms. The van der Waals surface area contributed by atoms with Gasteiger partial charge >= 0.3 is 0 Å². The predicted octanol–water partition coefficient (Wildman–Crippen LogP) is 4.72. The van der Waals surface area contributed by atoms with Crippen LogP contribution in [0.1, 0.15) is 77.7 Å². The number of likely N-dealkylation sites (tertiary alicyclic amines) is 1. The summed E-state index contributed by atoms with van der Waals surface area (Å²) in [6, 6.07) is 9.02. The lowest BCUT2D eigenvalue weighted by Gasteiger charge is -2.39. The van der Waals surface area contributed by atoms with Crippen LogP contribution in [-0.2, 0) is 25.7 Å². The van der Waals surface area contributed by atoms with Gasteiger partial charge in [0.2, 0.25) is 17.7 Å². The Bertz CT molecular complexity index is 1160. The van der Waals surface area contributed by atoms with Crippen LogP contribution in [0.2, 0.25) is 0 Å². The molecule has 0 aliphatic carbocycles. The van der Waals surface area contributed by atoms with Gasteiger partial charge in [-0.25, -0.2) is 0 Å². The summed E-state index contributed by atoms with van der Waals surface area (Å²) in [5.74, 6) is -1.79. The molecule has 3 amide bonds. The van der Waals surface area contributed by atoms with Crippen LogP contribution in [0.4, 0.5) is 0 Å². The molecule has 3 unspecified atom stereocenters. The van der Waals surface area contributed by atoms with Crippen molar-refractivity contribution in [2.45, 2.75) is 102 Å². The summed E-state index contributed by atoms with van der Waals surface area (Å²) in [5.41, 5.74) is -0.883. The molecule has 3 saturated heterocycles. The van der Waals surface area contributed by atoms with Crippen LogP contribution in [0.15, 0.2) is 55.6 Å². The van der Waals surface area contributed by atoms with E-state index >= 15 is 0 Å². The molecule has 3 heterocycles. The van der Waals surface area contributed by atoms with Gasteiger partial charge in [0.25, 0.3) is 0 Å². The van der Waals surface area contributed by atoms with Crippen LogP contribution in [0, 0.1) is 11.8 Å². The number of hydrogen-bond acceptors (Lipinski definition) is 5. The summed E-state index contributed by atoms with van der Waals surface area (Å²) < 4.78 is 6.89. The molecule has 1 spiro atoms. The Kier molecular flexibility index (Phi) is 10.9. The molecule has 1 aromatic rings. The lowest BCUT2D eigenvalue weighted by Crippen LogP contribution is -2.58. The van der Waals surface area contributed by atoms with Gasteiger partial charge in [-0.15, -0.1) is 13.2 Å². The third-order valence-electron chi connectivity index (χ3n) is 9.81. The molecule has 1 aromatic carbocycles. The van der Waals surface area contributed by atoms with Crippen molar-refractivity contribution in [1.82, 2.24) is 14.7 Å². The lowest BCUT2D eigenvalue weighted by atomic mass is 9.66. The fourth-order valence-electron chi connectivity index (χ4n) is 7.81. The number of fused-ring (bicyclic) bond motifs is 1. The van der Waals surface area contributed by atoms with Gasteiger partial charge in [0.05, 0.1) is 17.4 Å². The van der Waals surface area contributed by atoms with Gasteiger partial charge in [-0.1, -0.05) is 68.7 Å². The van der Waals surface area contributed by atoms with Gasteiger partial charge in [-0.3, -0.25) is 14.4 Å². The van der Waals surface area contributed by atoms with E-state index in [0.29, 0.717) is 45.4 Å². The Morgan fingerprint density at radius 2 is 1.79 bits per heavy atom. The molecule has 0 aromatic heterocycles. The van der Waals surface area contributed by atoms with Gasteiger partial charge in [0, 0.05) is 38.8 Å². The van der Waals surface area contributed by atoms with Crippen LogP contribution in [0.5, 0.6) is 0 Å². The predicted molar refractivity (Wildman–Crippen MR) is 168 cm³/mol. The zero-order chi connectivity index (χ0) is 31.2. The number of aliphatic hydroxyl groups is 1. The highest BCUT2D eigenvalue weighted by atomic mass is 16.5. The first-order valence-corrected chi connectivity index (χ1v) is 16.2. The van der Waals surface area contributed by atoms with Crippen molar-refractivity contribution < 1.29 is 24.2 Å². The van der Waals surface area contributed by atoms with E-state index in [0.717, 1.165) is 37.7 Å². The molecule has 8 nitrogen and oxygen atoms in total. The van der Waals surface area contributed by atoms with Crippen molar-refractivity contribution in [2.24, 2.45) is 11.8 Å². The Morgan fingerprint density at radius 1 is 1.09 bits per heavy atom. The van der Waals surface area contributed by atoms with Gasteiger partial charge in [-0.2, -0.15) is 0 Å². The quantitative estimate of drug-likeness (QED) is 0.209. The minimum atomic E-state index is -1.05. The minimum absolute atomic E-state index is 0.0203. The number of aliphatic hydroxyl groups excluding tert-OH is 1. The van der Waals surface area contributed by atoms with Crippen LogP contribution in [-0.4, -0.2) is 87.1 Å². The molecule has 3 aliphatic rings. The molecule has 8 heteroatoms. The first-order chi connectivity index (χ1) is 20.7. The molecule has 3 aliphatic heterocycles. The number of carbonyl (C=O) groups is 3. The van der Waals surface area contributed by atoms with E-state index in [1.165, 1.54) is 0 Å². The average molecular weight is 594 g/mol. The maximum atomic E-state index is 14.6. The largest absolute Gasteiger partial charge is 0.396 e. The van der Waals surface area contributed by atoms with E-state index in [1.54, 1.807) is 22.0 Å². The maximum absolute atomic E-state index is 14.6. The van der Waals surface area contributed by atoms with E-state index < -0.39 is 29.1 Å². The zero-order valence-corrected chi connectivity index (χ0v) is 26.4. The fourth-order valence-corrected chi connectivity index (χ4v) is 7.81. The first-order valence-electron chi connectivity index (χ1n) is 16.2. The van der Waals surface area contributed by atoms with Crippen LogP contribution < -0.4 is 0 Å². The van der Waals surface area contributed by atoms with Crippen molar-refractivity contribution >= 4 is 17.7 Å². The SMILES string of the molecule is C=CCN(Cc1ccccc1)C(=O)[C@@H]1[C@H]2C(=O)N(CCCCCCO)C(C(=O)N(CC=C)C(C)CCC)C23CC[C@@]1(C)O3. The topological polar surface area (TPSA) is 90.4 Å². The van der Waals surface area contributed by atoms with Crippen molar-refractivity contribution in [3.63, 3.8) is 0 Å². The summed E-state index contributed by atoms with van der Waals surface area (Å²) in [5, 5.41) is 9.22. The standard InChI is InChI=1S/C35H51N3O5/c1-6-16-26(4)37(22-8-3)33(42)30-35-20-19-34(5,43-35)28(29(35)32(41)38(30)23-14-9-10-15-24-39)31(40)36(21-7-2)25-27-17-12-11-13-18-27/h7-8,11-13,17-18,26,28-30,39H,2-3,6,9-10,14-16,19-25H2,1,4-5H3/t26?,28-,29-,30?,34+,35?/m0/s1. The highest BCUT2D eigenvalue weighted by molar-refractivity contribution is 5.99. The molecule has 0 radical (unpaired) electrons. The van der Waals surface area contributed by atoms with Crippen molar-refractivity contribution in [1.29, 1.82) is 0 Å². The third-order valence-corrected chi connectivity index (χ3v) is 9.81. The van der Waals surface area contributed by atoms with Crippen LogP contribution >= 0.6 is 0 Å². The molecule has 6 atom stereocenters. The zero-order valence-electron chi connectivity index (χ0n) is 26.4. The molecule has 236 valence electrons. The van der Waals surface area contributed by atoms with Crippen molar-refractivity contribution in [3.05, 3.63) is 61.2 Å². The lowest BCUT2D eigenvalue weighted by molar-refractivity contribution is -0.154. The number of hydrogen-bond donors (Lipinski definition) is 1. The van der Waals surface area contributed by atoms with E-state index in [-0.39, 0.29) is 30.4 Å². The Balaban J connectivity index is 1.71. The Labute approximate surface area is 257 Å². The monoisotopic (exact) mass is 593 g/mol. The number of rotatable bonds is 17. The molecule has 4 rings (SSSR count). The molecule has 2 bridgehead atoms. The van der Waals surface area contributed by atoms with Gasteiger partial charge in [0.15, 0.2) is 0 Å². The van der Waals surface area contributed by atoms with E-state index in [4.69, 9.17) is 4.74 Å². The van der Waals surface area contributed by atoms with Gasteiger partial charge in [0.1, 0.15) is 11.6 Å². The van der Waals surface area contributed by atoms with Crippen LogP contribution in [0.3, 0.4) is 0 Å². The van der Waals surface area contributed by atoms with Crippen molar-refractivity contribution in [3.8, 4) is 0 Å². The second-order valence-electron chi connectivity index (χ2n) is 12.8. The molecular weight excluding hydrogens is 542 g/mol. The highest BCUT2D eigenvalue weighted by Crippen LogP contribution is 2.63. The van der Waals surface area contributed by atoms with Gasteiger partial charge in [-0.05, 0) is 51.5 Å². The summed E-state index contributed by atoms with van der Waals surface area (Å²) >= 11 is 0. The van der Waals surface area contributed by atoms with E-state index in [9.17, 15) is 19.5 Å². The summed E-state index contributed by atoms with van der Waals surface area (Å²) in [7, 11) is 0. The number of carbonyl (C=O) groups excluding carboxylic acids is 3. The number of amides is 3. The molecular formula is C35H51N3O5. The number of unbranched alkanes of at least 4 members (excludes halogenated alkanes) is 3. The van der Waals surface area contributed by atoms with E-state index in [1.807, 2.05) is 49.1 Å². The minimum Gasteiger partial charge on any atom is -0.396 e. The molecule has 3 fully saturated rings. The second kappa shape index (κ2) is 14.2. The first kappa shape index (κ1) is 32.9. The molecule has 1 N–H and O–H groups in total. The van der Waals surface area contributed by atoms with Gasteiger partial charge < -0.3 is 24.5 Å². The summed E-state index contributed by atoms with van der Waals surface area (Å²) in [4.78, 5) is 48.9. The molecule has 0 saturated carbocycles. The number of nitrogens with zero attached hydrogens (tertiary/aromatic N) is 3. The smallest absolute Gasteiger partial charge is 0.248 e. The average Bonchev–Trinajstić information content (AvgIpc) is 3.56. The Morgan fingerprint density at radius 3 is 2.44 bits per heavy atom. The summed E-state index contributed by atoms with van der Waals surface area (Å²) in [6.45, 7) is 15.6. The third kappa shape index (κ3) is 6.32. The second-order valence-corrected chi connectivity index (χ2v) is 12.8. The van der Waals surface area contributed by atoms with Crippen LogP contribution in [0.25, 0.3) is 0 Å². The number of ether oxygens (including phenoxy) is 1. The normalized spacial score (nSPS) is 28.0. The fraction of sp³-hybridized carbons (Fsp3) is 0.629. The number of benzene rings is 1.